The Morgan fingerprint density at radius 2 is 1.92 bits per heavy atom. The van der Waals surface area contributed by atoms with Crippen molar-refractivity contribution in [1.82, 2.24) is 5.32 Å². The molecule has 0 bridgehead atoms. The maximum Gasteiger partial charge on any atom is 0.329 e. The van der Waals surface area contributed by atoms with Gasteiger partial charge in [-0.15, -0.1) is 23.1 Å². The molecule has 4 nitrogen and oxygen atoms in total. The third-order valence-electron chi connectivity index (χ3n) is 3.49. The van der Waals surface area contributed by atoms with Gasteiger partial charge in [0.1, 0.15) is 12.6 Å². The van der Waals surface area contributed by atoms with Crippen molar-refractivity contribution < 1.29 is 14.3 Å². The van der Waals surface area contributed by atoms with Crippen LogP contribution in [-0.4, -0.2) is 24.2 Å². The van der Waals surface area contributed by atoms with Crippen LogP contribution in [0, 0.1) is 5.92 Å². The van der Waals surface area contributed by atoms with Gasteiger partial charge in [0.05, 0.1) is 4.88 Å². The Morgan fingerprint density at radius 3 is 2.46 bits per heavy atom. The predicted molar refractivity (Wildman–Crippen MR) is 98.4 cm³/mol. The van der Waals surface area contributed by atoms with Crippen LogP contribution in [0.4, 0.5) is 0 Å². The van der Waals surface area contributed by atoms with Crippen molar-refractivity contribution in [3.05, 3.63) is 52.2 Å². The molecule has 0 aliphatic carbocycles. The second-order valence-corrected chi connectivity index (χ2v) is 7.46. The van der Waals surface area contributed by atoms with E-state index in [0.29, 0.717) is 4.88 Å². The standard InChI is InChI=1S/C18H21NO3S2/c1-12(2)16(19-17(20)15-5-4-10-24-15)18(21)22-11-13-6-8-14(23-3)9-7-13/h4-10,12,16H,11H2,1-3H3,(H,19,20)/t16-/m0/s1. The van der Waals surface area contributed by atoms with Gasteiger partial charge in [-0.3, -0.25) is 4.79 Å². The van der Waals surface area contributed by atoms with Crippen LogP contribution < -0.4 is 5.32 Å². The molecule has 2 aromatic rings. The van der Waals surface area contributed by atoms with Crippen molar-refractivity contribution in [2.24, 2.45) is 5.92 Å². The van der Waals surface area contributed by atoms with Gasteiger partial charge >= 0.3 is 5.97 Å². The van der Waals surface area contributed by atoms with Crippen LogP contribution >= 0.6 is 23.1 Å². The lowest BCUT2D eigenvalue weighted by Crippen LogP contribution is -2.45. The van der Waals surface area contributed by atoms with Crippen LogP contribution in [0.2, 0.25) is 0 Å². The molecule has 1 atom stereocenters. The number of nitrogens with one attached hydrogen (secondary N) is 1. The highest BCUT2D eigenvalue weighted by Gasteiger charge is 2.26. The van der Waals surface area contributed by atoms with Crippen LogP contribution in [0.25, 0.3) is 0 Å². The quantitative estimate of drug-likeness (QED) is 0.597. The van der Waals surface area contributed by atoms with Crippen LogP contribution in [0.5, 0.6) is 0 Å². The van der Waals surface area contributed by atoms with E-state index in [1.54, 1.807) is 23.9 Å². The summed E-state index contributed by atoms with van der Waals surface area (Å²) in [4.78, 5) is 26.3. The van der Waals surface area contributed by atoms with Crippen LogP contribution in [-0.2, 0) is 16.1 Å². The summed E-state index contributed by atoms with van der Waals surface area (Å²) in [5.74, 6) is -0.714. The zero-order valence-corrected chi connectivity index (χ0v) is 15.6. The minimum absolute atomic E-state index is 0.0553. The summed E-state index contributed by atoms with van der Waals surface area (Å²) in [6, 6.07) is 10.7. The number of carbonyl (C=O) groups excluding carboxylic acids is 2. The van der Waals surface area contributed by atoms with E-state index in [4.69, 9.17) is 4.74 Å². The van der Waals surface area contributed by atoms with Gasteiger partial charge < -0.3 is 10.1 Å². The van der Waals surface area contributed by atoms with E-state index in [1.165, 1.54) is 11.3 Å². The molecule has 1 aromatic heterocycles. The Morgan fingerprint density at radius 1 is 1.21 bits per heavy atom. The topological polar surface area (TPSA) is 55.4 Å². The first-order chi connectivity index (χ1) is 11.5. The summed E-state index contributed by atoms with van der Waals surface area (Å²) in [6.07, 6.45) is 2.01. The summed E-state index contributed by atoms with van der Waals surface area (Å²) < 4.78 is 5.39. The molecule has 0 aliphatic heterocycles. The maximum absolute atomic E-state index is 12.3. The summed E-state index contributed by atoms with van der Waals surface area (Å²) in [6.45, 7) is 3.97. The normalized spacial score (nSPS) is 12.0. The van der Waals surface area contributed by atoms with Crippen molar-refractivity contribution in [2.45, 2.75) is 31.4 Å². The van der Waals surface area contributed by atoms with E-state index in [9.17, 15) is 9.59 Å². The number of rotatable bonds is 7. The summed E-state index contributed by atoms with van der Waals surface area (Å²) in [7, 11) is 0. The minimum Gasteiger partial charge on any atom is -0.459 e. The lowest BCUT2D eigenvalue weighted by atomic mass is 10.0. The molecule has 0 saturated carbocycles. The van der Waals surface area contributed by atoms with Gasteiger partial charge in [-0.05, 0) is 41.3 Å². The molecule has 0 aliphatic rings. The number of carbonyl (C=O) groups is 2. The average Bonchev–Trinajstić information content (AvgIpc) is 3.12. The zero-order valence-electron chi connectivity index (χ0n) is 13.9. The number of thiophene rings is 1. The smallest absolute Gasteiger partial charge is 0.329 e. The molecule has 128 valence electrons. The fraction of sp³-hybridized carbons (Fsp3) is 0.333. The average molecular weight is 364 g/mol. The van der Waals surface area contributed by atoms with E-state index < -0.39 is 12.0 Å². The van der Waals surface area contributed by atoms with Crippen LogP contribution in [0.1, 0.15) is 29.1 Å². The Labute approximate surface area is 150 Å². The van der Waals surface area contributed by atoms with E-state index in [2.05, 4.69) is 5.32 Å². The van der Waals surface area contributed by atoms with Gasteiger partial charge in [-0.25, -0.2) is 4.79 Å². The second-order valence-electron chi connectivity index (χ2n) is 5.63. The summed E-state index contributed by atoms with van der Waals surface area (Å²) in [5, 5.41) is 4.60. The number of hydrogen-bond donors (Lipinski definition) is 1. The molecule has 0 saturated heterocycles. The van der Waals surface area contributed by atoms with Crippen molar-refractivity contribution in [3.63, 3.8) is 0 Å². The molecule has 1 amide bonds. The Kier molecular flexibility index (Phi) is 6.87. The third-order valence-corrected chi connectivity index (χ3v) is 5.10. The first-order valence-corrected chi connectivity index (χ1v) is 9.75. The molecule has 6 heteroatoms. The van der Waals surface area contributed by atoms with Crippen molar-refractivity contribution >= 4 is 35.0 Å². The number of esters is 1. The summed E-state index contributed by atoms with van der Waals surface area (Å²) >= 11 is 3.01. The number of hydrogen-bond acceptors (Lipinski definition) is 5. The van der Waals surface area contributed by atoms with Gasteiger partial charge in [0, 0.05) is 4.90 Å². The fourth-order valence-corrected chi connectivity index (χ4v) is 3.12. The fourth-order valence-electron chi connectivity index (χ4n) is 2.08. The largest absolute Gasteiger partial charge is 0.459 e. The predicted octanol–water partition coefficient (Wildman–Crippen LogP) is 3.97. The van der Waals surface area contributed by atoms with E-state index in [-0.39, 0.29) is 18.4 Å². The third kappa shape index (κ3) is 5.11. The highest BCUT2D eigenvalue weighted by Crippen LogP contribution is 2.16. The highest BCUT2D eigenvalue weighted by atomic mass is 32.2. The van der Waals surface area contributed by atoms with Crippen molar-refractivity contribution in [2.75, 3.05) is 6.26 Å². The maximum atomic E-state index is 12.3. The molecule has 0 radical (unpaired) electrons. The Balaban J connectivity index is 1.94. The SMILES string of the molecule is CSc1ccc(COC(=O)[C@@H](NC(=O)c2cccs2)C(C)C)cc1. The molecule has 0 fully saturated rings. The molecule has 0 unspecified atom stereocenters. The molecule has 1 N–H and O–H groups in total. The second kappa shape index (κ2) is 8.89. The molecular formula is C18H21NO3S2. The monoisotopic (exact) mass is 363 g/mol. The lowest BCUT2D eigenvalue weighted by Gasteiger charge is -2.20. The Bertz CT molecular complexity index is 666. The molecule has 24 heavy (non-hydrogen) atoms. The first kappa shape index (κ1) is 18.5. The number of amides is 1. The molecule has 0 spiro atoms. The van der Waals surface area contributed by atoms with Gasteiger partial charge in [-0.2, -0.15) is 0 Å². The summed E-state index contributed by atoms with van der Waals surface area (Å²) in [5.41, 5.74) is 0.924. The number of thioether (sulfide) groups is 1. The van der Waals surface area contributed by atoms with E-state index in [0.717, 1.165) is 10.5 Å². The number of ether oxygens (including phenoxy) is 1. The minimum atomic E-state index is -0.662. The highest BCUT2D eigenvalue weighted by molar-refractivity contribution is 7.98. The van der Waals surface area contributed by atoms with Gasteiger partial charge in [-0.1, -0.05) is 32.0 Å². The van der Waals surface area contributed by atoms with Gasteiger partial charge in [0.15, 0.2) is 0 Å². The van der Waals surface area contributed by atoms with Crippen molar-refractivity contribution in [3.8, 4) is 0 Å². The lowest BCUT2D eigenvalue weighted by molar-refractivity contribution is -0.148. The van der Waals surface area contributed by atoms with Gasteiger partial charge in [0.25, 0.3) is 5.91 Å². The Hall–Kier alpha value is -1.79. The molecule has 1 aromatic carbocycles. The molecule has 2 rings (SSSR count). The number of benzene rings is 1. The van der Waals surface area contributed by atoms with Crippen LogP contribution in [0.3, 0.4) is 0 Å². The van der Waals surface area contributed by atoms with E-state index in [1.807, 2.05) is 49.7 Å². The molecular weight excluding hydrogens is 342 g/mol. The van der Waals surface area contributed by atoms with Crippen LogP contribution in [0.15, 0.2) is 46.7 Å². The molecule has 1 heterocycles. The van der Waals surface area contributed by atoms with E-state index >= 15 is 0 Å². The van der Waals surface area contributed by atoms with Gasteiger partial charge in [0.2, 0.25) is 0 Å². The first-order valence-electron chi connectivity index (χ1n) is 7.65. The zero-order chi connectivity index (χ0) is 17.5. The van der Waals surface area contributed by atoms with Crippen molar-refractivity contribution in [1.29, 1.82) is 0 Å².